The van der Waals surface area contributed by atoms with Crippen LogP contribution in [0.2, 0.25) is 0 Å². The second-order valence-corrected chi connectivity index (χ2v) is 14.0. The van der Waals surface area contributed by atoms with E-state index in [1.807, 2.05) is 19.1 Å². The van der Waals surface area contributed by atoms with E-state index in [0.717, 1.165) is 89.9 Å². The molecular weight excluding hydrogens is 691 g/mol. The summed E-state index contributed by atoms with van der Waals surface area (Å²) in [5, 5.41) is 9.25. The second-order valence-electron chi connectivity index (χ2n) is 12.8. The highest BCUT2D eigenvalue weighted by Crippen LogP contribution is 2.35. The van der Waals surface area contributed by atoms with Crippen molar-refractivity contribution in [2.45, 2.75) is 148 Å². The summed E-state index contributed by atoms with van der Waals surface area (Å²) in [6.45, 7) is 3.03. The minimum atomic E-state index is -4.79. The lowest BCUT2D eigenvalue weighted by Gasteiger charge is -2.18. The maximum atomic E-state index is 12.4. The molecule has 0 heterocycles. The average Bonchev–Trinajstić information content (AvgIpc) is 3.11. The number of rotatable bonds is 34. The van der Waals surface area contributed by atoms with Gasteiger partial charge in [-0.2, -0.15) is 0 Å². The van der Waals surface area contributed by atoms with Crippen molar-refractivity contribution >= 4 is 19.8 Å². The third kappa shape index (κ3) is 41.5. The van der Waals surface area contributed by atoms with Gasteiger partial charge in [0.15, 0.2) is 6.10 Å². The lowest BCUT2D eigenvalue weighted by atomic mass is 10.1. The van der Waals surface area contributed by atoms with Crippen molar-refractivity contribution in [3.8, 4) is 0 Å². The molecule has 0 amide bonds. The summed E-state index contributed by atoms with van der Waals surface area (Å²) in [5.41, 5.74) is 0. The number of ether oxygens (including phenoxy) is 2. The molecule has 0 rings (SSSR count). The zero-order valence-electron chi connectivity index (χ0n) is 32.5. The number of hydrogen-bond donors (Lipinski definition) is 3. The predicted octanol–water partition coefficient (Wildman–Crippen LogP) is 10.8. The molecule has 0 unspecified atom stereocenters. The van der Waals surface area contributed by atoms with E-state index in [0.29, 0.717) is 19.3 Å². The van der Waals surface area contributed by atoms with Gasteiger partial charge in [-0.15, -0.1) is 0 Å². The quantitative estimate of drug-likeness (QED) is 0.0253. The van der Waals surface area contributed by atoms with Crippen LogP contribution in [-0.2, 0) is 28.2 Å². The van der Waals surface area contributed by atoms with Crippen LogP contribution in [0, 0.1) is 0 Å². The standard InChI is InChI=1S/C43H69O9P/c1-3-4-5-6-7-8-9-10-11-12-15-18-21-24-27-30-33-36-42(45)50-38-41(39-51-53(47,48)49)52-43(46)37-34-31-28-25-22-19-16-13-14-17-20-23-26-29-32-35-40(2)44/h4-5,7-8,10-11,14-19,23,25-26,28,40-41,44H,3,6,9,12-13,20-22,24,27,29-39H2,1-2H3,(H2,47,48,49)/b5-4-,8-7-,11-10-,17-14-,18-15-,19-16-,26-23-,28-25-/t40-,41+/m0/s1. The molecule has 0 saturated carbocycles. The first-order chi connectivity index (χ1) is 25.6. The number of phosphoric acid groups is 1. The summed E-state index contributed by atoms with van der Waals surface area (Å²) in [6, 6.07) is 0. The number of carbonyl (C=O) groups excluding carboxylic acids is 2. The largest absolute Gasteiger partial charge is 0.469 e. The monoisotopic (exact) mass is 760 g/mol. The van der Waals surface area contributed by atoms with Crippen LogP contribution in [0.15, 0.2) is 97.2 Å². The third-order valence-corrected chi connectivity index (χ3v) is 8.09. The molecule has 53 heavy (non-hydrogen) atoms. The van der Waals surface area contributed by atoms with Crippen LogP contribution in [0.5, 0.6) is 0 Å². The number of hydrogen-bond acceptors (Lipinski definition) is 7. The van der Waals surface area contributed by atoms with Gasteiger partial charge < -0.3 is 24.4 Å². The highest BCUT2D eigenvalue weighted by atomic mass is 31.2. The number of carbonyl (C=O) groups is 2. The summed E-state index contributed by atoms with van der Waals surface area (Å²) in [7, 11) is -4.79. The molecule has 0 radical (unpaired) electrons. The molecule has 0 aromatic rings. The van der Waals surface area contributed by atoms with Crippen LogP contribution < -0.4 is 0 Å². The topological polar surface area (TPSA) is 140 Å². The van der Waals surface area contributed by atoms with Gasteiger partial charge in [0.25, 0.3) is 0 Å². The molecule has 0 spiro atoms. The molecule has 0 aliphatic heterocycles. The van der Waals surface area contributed by atoms with Gasteiger partial charge in [0.2, 0.25) is 0 Å². The summed E-state index contributed by atoms with van der Waals surface area (Å²) < 4.78 is 26.2. The number of aliphatic hydroxyl groups is 1. The number of phosphoric ester groups is 1. The number of aliphatic hydroxyl groups excluding tert-OH is 1. The Morgan fingerprint density at radius 2 is 1.00 bits per heavy atom. The van der Waals surface area contributed by atoms with Crippen LogP contribution >= 0.6 is 7.82 Å². The van der Waals surface area contributed by atoms with E-state index in [1.165, 1.54) is 0 Å². The number of unbranched alkanes of at least 4 members (excludes halogenated alkanes) is 6. The van der Waals surface area contributed by atoms with Gasteiger partial charge in [-0.3, -0.25) is 14.1 Å². The fourth-order valence-corrected chi connectivity index (χ4v) is 5.09. The summed E-state index contributed by atoms with van der Waals surface area (Å²) in [4.78, 5) is 42.7. The van der Waals surface area contributed by atoms with Crippen LogP contribution in [-0.4, -0.2) is 52.3 Å². The van der Waals surface area contributed by atoms with Crippen LogP contribution in [0.1, 0.15) is 136 Å². The van der Waals surface area contributed by atoms with E-state index in [1.54, 1.807) is 0 Å². The smallest absolute Gasteiger partial charge is 0.462 e. The molecule has 0 aliphatic carbocycles. The molecule has 10 heteroatoms. The van der Waals surface area contributed by atoms with Crippen LogP contribution in [0.3, 0.4) is 0 Å². The fourth-order valence-electron chi connectivity index (χ4n) is 4.73. The lowest BCUT2D eigenvalue weighted by molar-refractivity contribution is -0.161. The van der Waals surface area contributed by atoms with Crippen molar-refractivity contribution in [1.82, 2.24) is 0 Å². The van der Waals surface area contributed by atoms with Gasteiger partial charge in [0.05, 0.1) is 12.7 Å². The van der Waals surface area contributed by atoms with Crippen molar-refractivity contribution in [2.75, 3.05) is 13.2 Å². The Labute approximate surface area is 320 Å². The molecular formula is C43H69O9P. The zero-order chi connectivity index (χ0) is 39.1. The van der Waals surface area contributed by atoms with Gasteiger partial charge >= 0.3 is 19.8 Å². The molecule has 0 fully saturated rings. The normalized spacial score (nSPS) is 14.1. The Bertz CT molecular complexity index is 1190. The van der Waals surface area contributed by atoms with Crippen LogP contribution in [0.4, 0.5) is 0 Å². The highest BCUT2D eigenvalue weighted by molar-refractivity contribution is 7.46. The molecule has 2 atom stereocenters. The first-order valence-corrected chi connectivity index (χ1v) is 21.1. The van der Waals surface area contributed by atoms with E-state index in [-0.39, 0.29) is 25.6 Å². The SMILES string of the molecule is CC/C=C\C/C=C\C/C=C\C/C=C\CCCCCCC(=O)OC[C@H](COP(=O)(O)O)OC(=O)CCC/C=C\C/C=C\C/C=C\C/C=C\CCC[C@H](C)O. The predicted molar refractivity (Wildman–Crippen MR) is 217 cm³/mol. The Hall–Kier alpha value is -3.07. The van der Waals surface area contributed by atoms with Crippen molar-refractivity contribution in [3.63, 3.8) is 0 Å². The number of esters is 2. The molecule has 0 aromatic carbocycles. The minimum Gasteiger partial charge on any atom is -0.462 e. The molecule has 0 aromatic heterocycles. The van der Waals surface area contributed by atoms with Gasteiger partial charge in [-0.05, 0) is 103 Å². The minimum absolute atomic E-state index is 0.112. The molecule has 0 aliphatic rings. The Kier molecular flexibility index (Phi) is 35.1. The van der Waals surface area contributed by atoms with Crippen LogP contribution in [0.25, 0.3) is 0 Å². The summed E-state index contributed by atoms with van der Waals surface area (Å²) >= 11 is 0. The zero-order valence-corrected chi connectivity index (χ0v) is 33.4. The van der Waals surface area contributed by atoms with E-state index < -0.39 is 32.5 Å². The third-order valence-electron chi connectivity index (χ3n) is 7.61. The van der Waals surface area contributed by atoms with Crippen molar-refractivity contribution in [1.29, 1.82) is 0 Å². The van der Waals surface area contributed by atoms with Crippen molar-refractivity contribution in [3.05, 3.63) is 97.2 Å². The number of allylic oxidation sites excluding steroid dienone is 16. The maximum absolute atomic E-state index is 12.4. The first-order valence-electron chi connectivity index (χ1n) is 19.6. The van der Waals surface area contributed by atoms with Gasteiger partial charge in [0, 0.05) is 12.8 Å². The lowest BCUT2D eigenvalue weighted by Crippen LogP contribution is -2.29. The van der Waals surface area contributed by atoms with Crippen molar-refractivity contribution < 1.29 is 43.0 Å². The van der Waals surface area contributed by atoms with E-state index in [9.17, 15) is 19.3 Å². The maximum Gasteiger partial charge on any atom is 0.469 e. The molecule has 300 valence electrons. The molecule has 0 saturated heterocycles. The van der Waals surface area contributed by atoms with Gasteiger partial charge in [-0.1, -0.05) is 117 Å². The Morgan fingerprint density at radius 1 is 0.566 bits per heavy atom. The molecule has 0 bridgehead atoms. The highest BCUT2D eigenvalue weighted by Gasteiger charge is 2.22. The average molecular weight is 761 g/mol. The summed E-state index contributed by atoms with van der Waals surface area (Å²) in [5.74, 6) is -1.01. The molecule has 9 nitrogen and oxygen atoms in total. The van der Waals surface area contributed by atoms with E-state index in [4.69, 9.17) is 19.3 Å². The van der Waals surface area contributed by atoms with Gasteiger partial charge in [0.1, 0.15) is 6.61 Å². The van der Waals surface area contributed by atoms with E-state index >= 15 is 0 Å². The Morgan fingerprint density at radius 3 is 1.49 bits per heavy atom. The first kappa shape index (κ1) is 49.9. The fraction of sp³-hybridized carbons (Fsp3) is 0.581. The van der Waals surface area contributed by atoms with Crippen molar-refractivity contribution in [2.24, 2.45) is 0 Å². The Balaban J connectivity index is 4.13. The van der Waals surface area contributed by atoms with E-state index in [2.05, 4.69) is 96.5 Å². The second kappa shape index (κ2) is 37.3. The summed E-state index contributed by atoms with van der Waals surface area (Å²) in [6.07, 6.45) is 48.3. The molecule has 3 N–H and O–H groups in total. The van der Waals surface area contributed by atoms with Gasteiger partial charge in [-0.25, -0.2) is 4.57 Å².